The SMILES string of the molecule is CCc1nc(C(=O)N(CCC(=O)O)C(C)C)nn1-c1c(Cl)cccc1Cl. The van der Waals surface area contributed by atoms with E-state index in [-0.39, 0.29) is 24.8 Å². The second-order valence-electron chi connectivity index (χ2n) is 5.92. The average molecular weight is 399 g/mol. The standard InChI is InChI=1S/C17H20Cl2N4O3/c1-4-13-20-16(17(26)22(10(2)3)9-8-14(24)25)21-23(13)15-11(18)6-5-7-12(15)19/h5-7,10H,4,8-9H2,1-3H3,(H,24,25). The largest absolute Gasteiger partial charge is 0.481 e. The lowest BCUT2D eigenvalue weighted by atomic mass is 10.2. The summed E-state index contributed by atoms with van der Waals surface area (Å²) in [4.78, 5) is 29.4. The van der Waals surface area contributed by atoms with E-state index in [0.29, 0.717) is 28.0 Å². The van der Waals surface area contributed by atoms with Crippen LogP contribution >= 0.6 is 23.2 Å². The van der Waals surface area contributed by atoms with Crippen LogP contribution in [0.5, 0.6) is 0 Å². The van der Waals surface area contributed by atoms with Crippen molar-refractivity contribution in [2.45, 2.75) is 39.7 Å². The van der Waals surface area contributed by atoms with Crippen LogP contribution in [0.25, 0.3) is 5.69 Å². The maximum atomic E-state index is 12.8. The number of aliphatic carboxylic acids is 1. The minimum absolute atomic E-state index is 0.0167. The molecule has 0 unspecified atom stereocenters. The maximum Gasteiger partial charge on any atom is 0.305 e. The molecule has 1 aromatic heterocycles. The molecule has 1 heterocycles. The normalized spacial score (nSPS) is 11.0. The number of carboxylic acid groups (broad SMARTS) is 1. The summed E-state index contributed by atoms with van der Waals surface area (Å²) in [6, 6.07) is 4.88. The molecule has 1 amide bonds. The second-order valence-corrected chi connectivity index (χ2v) is 6.74. The molecule has 7 nitrogen and oxygen atoms in total. The zero-order valence-corrected chi connectivity index (χ0v) is 16.3. The highest BCUT2D eigenvalue weighted by molar-refractivity contribution is 6.37. The van der Waals surface area contributed by atoms with Crippen molar-refractivity contribution in [1.82, 2.24) is 19.7 Å². The number of benzene rings is 1. The number of halogens is 2. The van der Waals surface area contributed by atoms with Gasteiger partial charge in [0.05, 0.1) is 16.5 Å². The van der Waals surface area contributed by atoms with E-state index in [4.69, 9.17) is 28.3 Å². The van der Waals surface area contributed by atoms with Crippen molar-refractivity contribution in [3.63, 3.8) is 0 Å². The van der Waals surface area contributed by atoms with Crippen LogP contribution in [0.3, 0.4) is 0 Å². The minimum Gasteiger partial charge on any atom is -0.481 e. The van der Waals surface area contributed by atoms with Crippen molar-refractivity contribution in [3.05, 3.63) is 39.9 Å². The molecular weight excluding hydrogens is 379 g/mol. The maximum absolute atomic E-state index is 12.8. The molecule has 0 radical (unpaired) electrons. The molecule has 0 saturated carbocycles. The molecule has 26 heavy (non-hydrogen) atoms. The number of rotatable bonds is 7. The van der Waals surface area contributed by atoms with Gasteiger partial charge in [-0.15, -0.1) is 5.10 Å². The Labute approximate surface area is 161 Å². The molecule has 0 aliphatic rings. The van der Waals surface area contributed by atoms with Gasteiger partial charge in [-0.25, -0.2) is 9.67 Å². The predicted molar refractivity (Wildman–Crippen MR) is 99.2 cm³/mol. The van der Waals surface area contributed by atoms with Crippen LogP contribution in [0.15, 0.2) is 18.2 Å². The molecule has 0 aliphatic heterocycles. The van der Waals surface area contributed by atoms with Gasteiger partial charge in [-0.2, -0.15) is 0 Å². The zero-order chi connectivity index (χ0) is 19.4. The Hall–Kier alpha value is -2.12. The fourth-order valence-corrected chi connectivity index (χ4v) is 3.03. The Morgan fingerprint density at radius 3 is 2.38 bits per heavy atom. The first kappa shape index (κ1) is 20.2. The minimum atomic E-state index is -0.973. The summed E-state index contributed by atoms with van der Waals surface area (Å²) in [6.07, 6.45) is 0.361. The smallest absolute Gasteiger partial charge is 0.305 e. The van der Waals surface area contributed by atoms with Gasteiger partial charge in [0.25, 0.3) is 5.91 Å². The Morgan fingerprint density at radius 1 is 1.27 bits per heavy atom. The van der Waals surface area contributed by atoms with Gasteiger partial charge in [-0.05, 0) is 26.0 Å². The molecule has 0 spiro atoms. The van der Waals surface area contributed by atoms with Crippen molar-refractivity contribution in [3.8, 4) is 5.69 Å². The number of hydrogen-bond donors (Lipinski definition) is 1. The number of hydrogen-bond acceptors (Lipinski definition) is 4. The summed E-state index contributed by atoms with van der Waals surface area (Å²) >= 11 is 12.5. The number of nitrogens with zero attached hydrogens (tertiary/aromatic N) is 4. The molecule has 2 aromatic rings. The van der Waals surface area contributed by atoms with Crippen LogP contribution in [0, 0.1) is 0 Å². The number of aryl methyl sites for hydroxylation is 1. The van der Waals surface area contributed by atoms with Crippen molar-refractivity contribution in [1.29, 1.82) is 0 Å². The summed E-state index contributed by atoms with van der Waals surface area (Å²) in [5.41, 5.74) is 0.459. The number of carboxylic acids is 1. The molecular formula is C17H20Cl2N4O3. The number of aromatic nitrogens is 3. The fourth-order valence-electron chi connectivity index (χ4n) is 2.47. The molecule has 0 aliphatic carbocycles. The molecule has 0 fully saturated rings. The lowest BCUT2D eigenvalue weighted by molar-refractivity contribution is -0.137. The Kier molecular flexibility index (Phi) is 6.61. The van der Waals surface area contributed by atoms with E-state index in [1.165, 1.54) is 9.58 Å². The van der Waals surface area contributed by atoms with Gasteiger partial charge in [0.15, 0.2) is 0 Å². The van der Waals surface area contributed by atoms with E-state index in [2.05, 4.69) is 10.1 Å². The summed E-state index contributed by atoms with van der Waals surface area (Å²) in [5.74, 6) is -0.890. The number of carbonyl (C=O) groups is 2. The lowest BCUT2D eigenvalue weighted by Crippen LogP contribution is -2.39. The fraction of sp³-hybridized carbons (Fsp3) is 0.412. The molecule has 0 atom stereocenters. The van der Waals surface area contributed by atoms with E-state index in [1.54, 1.807) is 18.2 Å². The first-order chi connectivity index (χ1) is 12.3. The molecule has 140 valence electrons. The van der Waals surface area contributed by atoms with Crippen molar-refractivity contribution >= 4 is 35.1 Å². The predicted octanol–water partition coefficient (Wildman–Crippen LogP) is 3.46. The molecule has 0 saturated heterocycles. The summed E-state index contributed by atoms with van der Waals surface area (Å²) < 4.78 is 1.47. The molecule has 2 rings (SSSR count). The van der Waals surface area contributed by atoms with Gasteiger partial charge < -0.3 is 10.0 Å². The third-order valence-corrected chi connectivity index (χ3v) is 4.39. The summed E-state index contributed by atoms with van der Waals surface area (Å²) in [7, 11) is 0. The molecule has 1 aromatic carbocycles. The van der Waals surface area contributed by atoms with E-state index in [9.17, 15) is 9.59 Å². The van der Waals surface area contributed by atoms with Gasteiger partial charge in [-0.1, -0.05) is 36.2 Å². The molecule has 0 bridgehead atoms. The van der Waals surface area contributed by atoms with Crippen LogP contribution in [0.2, 0.25) is 10.0 Å². The first-order valence-corrected chi connectivity index (χ1v) is 8.94. The number of para-hydroxylation sites is 1. The van der Waals surface area contributed by atoms with Crippen LogP contribution < -0.4 is 0 Å². The van der Waals surface area contributed by atoms with Gasteiger partial charge in [0.2, 0.25) is 5.82 Å². The van der Waals surface area contributed by atoms with Crippen molar-refractivity contribution in [2.24, 2.45) is 0 Å². The van der Waals surface area contributed by atoms with Crippen LogP contribution in [-0.2, 0) is 11.2 Å². The topological polar surface area (TPSA) is 88.3 Å². The summed E-state index contributed by atoms with van der Waals surface area (Å²) in [5, 5.41) is 14.0. The highest BCUT2D eigenvalue weighted by Crippen LogP contribution is 2.29. The highest BCUT2D eigenvalue weighted by Gasteiger charge is 2.25. The van der Waals surface area contributed by atoms with Crippen LogP contribution in [0.4, 0.5) is 0 Å². The van der Waals surface area contributed by atoms with E-state index in [1.807, 2.05) is 20.8 Å². The Balaban J connectivity index is 2.43. The third-order valence-electron chi connectivity index (χ3n) is 3.78. The quantitative estimate of drug-likeness (QED) is 0.770. The number of carbonyl (C=O) groups excluding carboxylic acids is 1. The van der Waals surface area contributed by atoms with E-state index < -0.39 is 11.9 Å². The second kappa shape index (κ2) is 8.51. The van der Waals surface area contributed by atoms with E-state index >= 15 is 0 Å². The molecule has 9 heteroatoms. The zero-order valence-electron chi connectivity index (χ0n) is 14.7. The van der Waals surface area contributed by atoms with Gasteiger partial charge >= 0.3 is 5.97 Å². The lowest BCUT2D eigenvalue weighted by Gasteiger charge is -2.24. The Bertz CT molecular complexity index is 800. The number of amides is 1. The third kappa shape index (κ3) is 4.34. The van der Waals surface area contributed by atoms with Crippen LogP contribution in [0.1, 0.15) is 43.6 Å². The first-order valence-electron chi connectivity index (χ1n) is 8.19. The van der Waals surface area contributed by atoms with Crippen molar-refractivity contribution in [2.75, 3.05) is 6.54 Å². The molecule has 1 N–H and O–H groups in total. The van der Waals surface area contributed by atoms with Crippen molar-refractivity contribution < 1.29 is 14.7 Å². The van der Waals surface area contributed by atoms with Gasteiger partial charge in [0, 0.05) is 19.0 Å². The Morgan fingerprint density at radius 2 is 1.88 bits per heavy atom. The van der Waals surface area contributed by atoms with Crippen LogP contribution in [-0.4, -0.2) is 49.2 Å². The van der Waals surface area contributed by atoms with Gasteiger partial charge in [0.1, 0.15) is 11.5 Å². The summed E-state index contributed by atoms with van der Waals surface area (Å²) in [6.45, 7) is 5.57. The average Bonchev–Trinajstić information content (AvgIpc) is 2.98. The van der Waals surface area contributed by atoms with E-state index in [0.717, 1.165) is 0 Å². The highest BCUT2D eigenvalue weighted by atomic mass is 35.5. The monoisotopic (exact) mass is 398 g/mol. The van der Waals surface area contributed by atoms with Gasteiger partial charge in [-0.3, -0.25) is 9.59 Å².